The number of benzene rings is 1. The number of hydrogen-bond acceptors (Lipinski definition) is 1. The van der Waals surface area contributed by atoms with Crippen LogP contribution in [0.3, 0.4) is 0 Å². The minimum atomic E-state index is 0.117. The van der Waals surface area contributed by atoms with Gasteiger partial charge in [0, 0.05) is 8.04 Å². The molecule has 11 heavy (non-hydrogen) atoms. The molecular weight excluding hydrogens is 319 g/mol. The van der Waals surface area contributed by atoms with Gasteiger partial charge in [0.2, 0.25) is 0 Å². The van der Waals surface area contributed by atoms with Gasteiger partial charge in [0.05, 0.1) is 6.61 Å². The Kier molecular flexibility index (Phi) is 3.33. The molecule has 0 spiro atoms. The average molecular weight is 327 g/mol. The standard InChI is InChI=1S/C8H8BrIO/c1-5-2-6(4-11)8(10)3-7(5)9/h2-3,11H,4H2,1H3. The van der Waals surface area contributed by atoms with E-state index in [1.807, 2.05) is 19.1 Å². The second kappa shape index (κ2) is 3.87. The van der Waals surface area contributed by atoms with Crippen LogP contribution in [0.4, 0.5) is 0 Å². The predicted octanol–water partition coefficient (Wildman–Crippen LogP) is 2.85. The van der Waals surface area contributed by atoms with Crippen LogP contribution in [0.25, 0.3) is 0 Å². The molecule has 1 N–H and O–H groups in total. The monoisotopic (exact) mass is 326 g/mol. The van der Waals surface area contributed by atoms with Crippen molar-refractivity contribution in [3.05, 3.63) is 31.3 Å². The lowest BCUT2D eigenvalue weighted by molar-refractivity contribution is 0.281. The van der Waals surface area contributed by atoms with Crippen LogP contribution in [-0.4, -0.2) is 5.11 Å². The first-order chi connectivity index (χ1) is 5.15. The summed E-state index contributed by atoms with van der Waals surface area (Å²) in [6.45, 7) is 2.13. The molecule has 0 amide bonds. The van der Waals surface area contributed by atoms with Crippen molar-refractivity contribution in [1.82, 2.24) is 0 Å². The Balaban J connectivity index is 3.21. The van der Waals surface area contributed by atoms with Crippen LogP contribution in [0, 0.1) is 10.5 Å². The summed E-state index contributed by atoms with van der Waals surface area (Å²) < 4.78 is 2.20. The van der Waals surface area contributed by atoms with Gasteiger partial charge in [-0.3, -0.25) is 0 Å². The van der Waals surface area contributed by atoms with Gasteiger partial charge in [0.25, 0.3) is 0 Å². The van der Waals surface area contributed by atoms with Gasteiger partial charge in [-0.1, -0.05) is 22.0 Å². The van der Waals surface area contributed by atoms with Crippen molar-refractivity contribution in [1.29, 1.82) is 0 Å². The molecular formula is C8H8BrIO. The molecule has 1 nitrogen and oxygen atoms in total. The Hall–Kier alpha value is 0.390. The van der Waals surface area contributed by atoms with Gasteiger partial charge in [-0.25, -0.2) is 0 Å². The summed E-state index contributed by atoms with van der Waals surface area (Å²) in [5, 5.41) is 8.91. The molecule has 60 valence electrons. The number of halogens is 2. The van der Waals surface area contributed by atoms with E-state index in [0.29, 0.717) is 0 Å². The molecule has 1 rings (SSSR count). The molecule has 1 aromatic carbocycles. The molecule has 0 aliphatic rings. The van der Waals surface area contributed by atoms with Crippen LogP contribution in [0.15, 0.2) is 16.6 Å². The second-order valence-electron chi connectivity index (χ2n) is 2.35. The van der Waals surface area contributed by atoms with E-state index in [2.05, 4.69) is 38.5 Å². The maximum Gasteiger partial charge on any atom is 0.0692 e. The summed E-state index contributed by atoms with van der Waals surface area (Å²) in [7, 11) is 0. The van der Waals surface area contributed by atoms with E-state index in [0.717, 1.165) is 19.2 Å². The van der Waals surface area contributed by atoms with Crippen molar-refractivity contribution in [2.24, 2.45) is 0 Å². The highest BCUT2D eigenvalue weighted by atomic mass is 127. The summed E-state index contributed by atoms with van der Waals surface area (Å²) in [4.78, 5) is 0. The van der Waals surface area contributed by atoms with E-state index in [1.165, 1.54) is 0 Å². The van der Waals surface area contributed by atoms with Crippen molar-refractivity contribution in [2.45, 2.75) is 13.5 Å². The summed E-state index contributed by atoms with van der Waals surface area (Å²) in [6, 6.07) is 4.01. The molecule has 0 fully saturated rings. The normalized spacial score (nSPS) is 10.2. The van der Waals surface area contributed by atoms with Crippen molar-refractivity contribution >= 4 is 38.5 Å². The zero-order chi connectivity index (χ0) is 8.43. The van der Waals surface area contributed by atoms with Crippen LogP contribution in [0.1, 0.15) is 11.1 Å². The number of aliphatic hydroxyl groups excluding tert-OH is 1. The first-order valence-corrected chi connectivity index (χ1v) is 5.07. The lowest BCUT2D eigenvalue weighted by Gasteiger charge is -2.03. The molecule has 1 aromatic rings. The van der Waals surface area contributed by atoms with Crippen LogP contribution in [-0.2, 0) is 6.61 Å². The fraction of sp³-hybridized carbons (Fsp3) is 0.250. The zero-order valence-corrected chi connectivity index (χ0v) is 9.81. The predicted molar refractivity (Wildman–Crippen MR) is 57.5 cm³/mol. The lowest BCUT2D eigenvalue weighted by Crippen LogP contribution is -1.89. The Morgan fingerprint density at radius 2 is 2.18 bits per heavy atom. The third-order valence-electron chi connectivity index (χ3n) is 1.50. The Labute approximate surface area is 88.1 Å². The van der Waals surface area contributed by atoms with E-state index in [-0.39, 0.29) is 6.61 Å². The van der Waals surface area contributed by atoms with Gasteiger partial charge >= 0.3 is 0 Å². The maximum atomic E-state index is 8.91. The van der Waals surface area contributed by atoms with E-state index >= 15 is 0 Å². The van der Waals surface area contributed by atoms with Crippen molar-refractivity contribution in [3.63, 3.8) is 0 Å². The number of hydrogen-bond donors (Lipinski definition) is 1. The molecule has 0 heterocycles. The first kappa shape index (κ1) is 9.48. The minimum Gasteiger partial charge on any atom is -0.392 e. The van der Waals surface area contributed by atoms with Gasteiger partial charge in [0.1, 0.15) is 0 Å². The Bertz CT molecular complexity index is 273. The summed E-state index contributed by atoms with van der Waals surface area (Å²) in [6.07, 6.45) is 0. The fourth-order valence-electron chi connectivity index (χ4n) is 0.838. The van der Waals surface area contributed by atoms with Crippen LogP contribution in [0.2, 0.25) is 0 Å². The smallest absolute Gasteiger partial charge is 0.0692 e. The highest BCUT2D eigenvalue weighted by molar-refractivity contribution is 14.1. The van der Waals surface area contributed by atoms with Crippen molar-refractivity contribution in [2.75, 3.05) is 0 Å². The fourth-order valence-corrected chi connectivity index (χ4v) is 2.25. The quantitative estimate of drug-likeness (QED) is 0.787. The topological polar surface area (TPSA) is 20.2 Å². The average Bonchev–Trinajstić information content (AvgIpc) is 1.97. The molecule has 0 saturated carbocycles. The van der Waals surface area contributed by atoms with E-state index in [1.54, 1.807) is 0 Å². The third-order valence-corrected chi connectivity index (χ3v) is 3.36. The molecule has 0 aliphatic heterocycles. The third kappa shape index (κ3) is 2.16. The second-order valence-corrected chi connectivity index (χ2v) is 4.37. The van der Waals surface area contributed by atoms with Crippen LogP contribution in [0.5, 0.6) is 0 Å². The molecule has 0 aliphatic carbocycles. The zero-order valence-electron chi connectivity index (χ0n) is 6.06. The summed E-state index contributed by atoms with van der Waals surface area (Å²) in [5.41, 5.74) is 2.15. The maximum absolute atomic E-state index is 8.91. The van der Waals surface area contributed by atoms with E-state index < -0.39 is 0 Å². The van der Waals surface area contributed by atoms with Gasteiger partial charge in [0.15, 0.2) is 0 Å². The molecule has 0 aromatic heterocycles. The van der Waals surface area contributed by atoms with E-state index in [9.17, 15) is 0 Å². The first-order valence-electron chi connectivity index (χ1n) is 3.20. The molecule has 0 unspecified atom stereocenters. The number of aryl methyl sites for hydroxylation is 1. The Morgan fingerprint density at radius 3 is 2.73 bits per heavy atom. The van der Waals surface area contributed by atoms with Crippen LogP contribution >= 0.6 is 38.5 Å². The van der Waals surface area contributed by atoms with Gasteiger partial charge in [-0.05, 0) is 46.7 Å². The lowest BCUT2D eigenvalue weighted by atomic mass is 10.1. The van der Waals surface area contributed by atoms with Gasteiger partial charge in [-0.15, -0.1) is 0 Å². The largest absolute Gasteiger partial charge is 0.392 e. The highest BCUT2D eigenvalue weighted by Crippen LogP contribution is 2.22. The van der Waals surface area contributed by atoms with Crippen LogP contribution < -0.4 is 0 Å². The van der Waals surface area contributed by atoms with Gasteiger partial charge < -0.3 is 5.11 Å². The number of rotatable bonds is 1. The Morgan fingerprint density at radius 1 is 1.55 bits per heavy atom. The van der Waals surface area contributed by atoms with Crippen molar-refractivity contribution in [3.8, 4) is 0 Å². The summed E-state index contributed by atoms with van der Waals surface area (Å²) in [5.74, 6) is 0. The molecule has 0 bridgehead atoms. The van der Waals surface area contributed by atoms with E-state index in [4.69, 9.17) is 5.11 Å². The van der Waals surface area contributed by atoms with Crippen molar-refractivity contribution < 1.29 is 5.11 Å². The minimum absolute atomic E-state index is 0.117. The summed E-state index contributed by atoms with van der Waals surface area (Å²) >= 11 is 5.64. The highest BCUT2D eigenvalue weighted by Gasteiger charge is 2.01. The SMILES string of the molecule is Cc1cc(CO)c(I)cc1Br. The molecule has 0 saturated heterocycles. The number of aliphatic hydroxyl groups is 1. The molecule has 0 radical (unpaired) electrons. The molecule has 0 atom stereocenters. The van der Waals surface area contributed by atoms with Gasteiger partial charge in [-0.2, -0.15) is 0 Å². The molecule has 3 heteroatoms.